The molecule has 0 aliphatic heterocycles. The van der Waals surface area contributed by atoms with Gasteiger partial charge in [-0.1, -0.05) is 12.1 Å². The maximum Gasteiger partial charge on any atom is 0.208 e. The summed E-state index contributed by atoms with van der Waals surface area (Å²) >= 11 is 0. The number of phenolic OH excluding ortho intramolecular Hbond substituents is 2. The van der Waals surface area contributed by atoms with E-state index in [1.54, 1.807) is 0 Å². The van der Waals surface area contributed by atoms with Crippen molar-refractivity contribution in [3.05, 3.63) is 71.8 Å². The Hall–Kier alpha value is -3.42. The first-order valence-electron chi connectivity index (χ1n) is 7.16. The number of benzene rings is 3. The van der Waals surface area contributed by atoms with Gasteiger partial charge in [-0.3, -0.25) is 0 Å². The minimum atomic E-state index is -1.82. The lowest BCUT2D eigenvalue weighted by Gasteiger charge is -2.13. The fourth-order valence-electron chi connectivity index (χ4n) is 2.10. The smallest absolute Gasteiger partial charge is 0.208 e. The normalized spacial score (nSPS) is 10.6. The summed E-state index contributed by atoms with van der Waals surface area (Å²) in [5, 5.41) is 18.6. The van der Waals surface area contributed by atoms with Crippen LogP contribution >= 0.6 is 0 Å². The van der Waals surface area contributed by atoms with E-state index in [4.69, 9.17) is 9.47 Å². The van der Waals surface area contributed by atoms with Gasteiger partial charge in [-0.15, -0.1) is 0 Å². The lowest BCUT2D eigenvalue weighted by atomic mass is 10.2. The third-order valence-electron chi connectivity index (χ3n) is 3.26. The number of aromatic hydroxyl groups is 2. The van der Waals surface area contributed by atoms with Gasteiger partial charge in [-0.25, -0.2) is 0 Å². The van der Waals surface area contributed by atoms with Crippen molar-refractivity contribution in [3.63, 3.8) is 0 Å². The molecule has 0 atom stereocenters. The molecular weight excluding hydrogens is 356 g/mol. The van der Waals surface area contributed by atoms with E-state index >= 15 is 0 Å². The SMILES string of the molecule is Oc1cccc(Oc2c(F)c(F)c(Oc3cccc(O)c3)c(F)c2F)c1. The molecule has 0 fully saturated rings. The number of hydrogen-bond acceptors (Lipinski definition) is 4. The Labute approximate surface area is 144 Å². The third kappa shape index (κ3) is 3.34. The second-order valence-corrected chi connectivity index (χ2v) is 5.11. The van der Waals surface area contributed by atoms with Crippen molar-refractivity contribution < 1.29 is 37.2 Å². The summed E-state index contributed by atoms with van der Waals surface area (Å²) in [5.74, 6) is -10.9. The molecule has 4 nitrogen and oxygen atoms in total. The molecule has 0 heterocycles. The summed E-state index contributed by atoms with van der Waals surface area (Å²) in [6.45, 7) is 0. The molecule has 3 aromatic rings. The highest BCUT2D eigenvalue weighted by Gasteiger charge is 2.29. The number of halogens is 4. The van der Waals surface area contributed by atoms with E-state index < -0.39 is 34.8 Å². The average Bonchev–Trinajstić information content (AvgIpc) is 2.61. The number of hydrogen-bond donors (Lipinski definition) is 2. The minimum absolute atomic E-state index is 0.233. The van der Waals surface area contributed by atoms with Crippen molar-refractivity contribution >= 4 is 0 Å². The van der Waals surface area contributed by atoms with E-state index in [9.17, 15) is 27.8 Å². The van der Waals surface area contributed by atoms with E-state index in [-0.39, 0.29) is 23.0 Å². The second-order valence-electron chi connectivity index (χ2n) is 5.11. The topological polar surface area (TPSA) is 58.9 Å². The molecule has 0 amide bonds. The fourth-order valence-corrected chi connectivity index (χ4v) is 2.10. The van der Waals surface area contributed by atoms with Crippen LogP contribution in [-0.4, -0.2) is 10.2 Å². The first-order chi connectivity index (χ1) is 12.4. The van der Waals surface area contributed by atoms with Crippen LogP contribution in [0.1, 0.15) is 0 Å². The maximum atomic E-state index is 14.2. The van der Waals surface area contributed by atoms with E-state index in [2.05, 4.69) is 0 Å². The van der Waals surface area contributed by atoms with Crippen LogP contribution in [0.2, 0.25) is 0 Å². The second kappa shape index (κ2) is 6.83. The summed E-state index contributed by atoms with van der Waals surface area (Å²) in [7, 11) is 0. The van der Waals surface area contributed by atoms with Crippen molar-refractivity contribution in [1.82, 2.24) is 0 Å². The lowest BCUT2D eigenvalue weighted by Crippen LogP contribution is -2.03. The predicted molar refractivity (Wildman–Crippen MR) is 82.6 cm³/mol. The molecule has 26 heavy (non-hydrogen) atoms. The fraction of sp³-hybridized carbons (Fsp3) is 0. The summed E-state index contributed by atoms with van der Waals surface area (Å²) in [6, 6.07) is 9.63. The van der Waals surface area contributed by atoms with Crippen LogP contribution in [0.25, 0.3) is 0 Å². The van der Waals surface area contributed by atoms with Crippen molar-refractivity contribution in [2.75, 3.05) is 0 Å². The highest BCUT2D eigenvalue weighted by atomic mass is 19.2. The van der Waals surface area contributed by atoms with Crippen LogP contribution in [0.15, 0.2) is 48.5 Å². The van der Waals surface area contributed by atoms with Crippen molar-refractivity contribution in [2.24, 2.45) is 0 Å². The Morgan fingerprint density at radius 1 is 0.577 bits per heavy atom. The zero-order chi connectivity index (χ0) is 18.8. The standard InChI is InChI=1S/C18H10F4O4/c19-13-15(21)18(26-12-6-2-4-10(24)8-12)16(22)14(20)17(13)25-11-5-1-3-9(23)7-11/h1-8,23-24H. The van der Waals surface area contributed by atoms with Crippen LogP contribution < -0.4 is 9.47 Å². The van der Waals surface area contributed by atoms with Gasteiger partial charge >= 0.3 is 0 Å². The van der Waals surface area contributed by atoms with Gasteiger partial charge in [0, 0.05) is 12.1 Å². The number of phenols is 2. The average molecular weight is 366 g/mol. The Bertz CT molecular complexity index is 868. The maximum absolute atomic E-state index is 14.2. The van der Waals surface area contributed by atoms with Gasteiger partial charge < -0.3 is 19.7 Å². The Morgan fingerprint density at radius 3 is 1.23 bits per heavy atom. The molecule has 0 saturated heterocycles. The summed E-state index contributed by atoms with van der Waals surface area (Å²) in [5.41, 5.74) is 0. The Morgan fingerprint density at radius 2 is 0.923 bits per heavy atom. The molecule has 2 N–H and O–H groups in total. The summed E-state index contributed by atoms with van der Waals surface area (Å²) in [4.78, 5) is 0. The molecule has 0 spiro atoms. The van der Waals surface area contributed by atoms with E-state index in [1.165, 1.54) is 36.4 Å². The molecule has 0 aliphatic rings. The molecule has 3 rings (SSSR count). The molecular formula is C18H10F4O4. The highest BCUT2D eigenvalue weighted by Crippen LogP contribution is 2.39. The zero-order valence-electron chi connectivity index (χ0n) is 12.8. The van der Waals surface area contributed by atoms with E-state index in [1.807, 2.05) is 0 Å². The van der Waals surface area contributed by atoms with Crippen molar-refractivity contribution in [1.29, 1.82) is 0 Å². The monoisotopic (exact) mass is 366 g/mol. The van der Waals surface area contributed by atoms with Crippen LogP contribution in [0, 0.1) is 23.3 Å². The van der Waals surface area contributed by atoms with Crippen LogP contribution in [0.3, 0.4) is 0 Å². The molecule has 8 heteroatoms. The minimum Gasteiger partial charge on any atom is -0.508 e. The molecule has 3 aromatic carbocycles. The van der Waals surface area contributed by atoms with Gasteiger partial charge in [-0.2, -0.15) is 17.6 Å². The Kier molecular flexibility index (Phi) is 4.57. The molecule has 134 valence electrons. The first kappa shape index (κ1) is 17.4. The molecule has 0 saturated carbocycles. The van der Waals surface area contributed by atoms with E-state index in [0.29, 0.717) is 0 Å². The molecule has 0 aromatic heterocycles. The van der Waals surface area contributed by atoms with Gasteiger partial charge in [0.25, 0.3) is 0 Å². The van der Waals surface area contributed by atoms with Gasteiger partial charge in [0.1, 0.15) is 23.0 Å². The van der Waals surface area contributed by atoms with Crippen molar-refractivity contribution in [2.45, 2.75) is 0 Å². The largest absolute Gasteiger partial charge is 0.508 e. The molecule has 0 unspecified atom stereocenters. The summed E-state index contributed by atoms with van der Waals surface area (Å²) in [6.07, 6.45) is 0. The zero-order valence-corrected chi connectivity index (χ0v) is 12.8. The third-order valence-corrected chi connectivity index (χ3v) is 3.26. The number of rotatable bonds is 4. The highest BCUT2D eigenvalue weighted by molar-refractivity contribution is 5.44. The van der Waals surface area contributed by atoms with Crippen LogP contribution in [0.4, 0.5) is 17.6 Å². The van der Waals surface area contributed by atoms with Gasteiger partial charge in [0.2, 0.25) is 34.8 Å². The van der Waals surface area contributed by atoms with Gasteiger partial charge in [0.15, 0.2) is 0 Å². The van der Waals surface area contributed by atoms with Crippen LogP contribution in [-0.2, 0) is 0 Å². The van der Waals surface area contributed by atoms with Gasteiger partial charge in [0.05, 0.1) is 0 Å². The van der Waals surface area contributed by atoms with Gasteiger partial charge in [-0.05, 0) is 24.3 Å². The van der Waals surface area contributed by atoms with Crippen molar-refractivity contribution in [3.8, 4) is 34.5 Å². The lowest BCUT2D eigenvalue weighted by molar-refractivity contribution is 0.329. The predicted octanol–water partition coefficient (Wildman–Crippen LogP) is 5.24. The molecule has 0 aliphatic carbocycles. The Balaban J connectivity index is 2.02. The first-order valence-corrected chi connectivity index (χ1v) is 7.16. The quantitative estimate of drug-likeness (QED) is 0.490. The number of ether oxygens (including phenoxy) is 2. The summed E-state index contributed by atoms with van der Waals surface area (Å²) < 4.78 is 66.3. The van der Waals surface area contributed by atoms with E-state index in [0.717, 1.165) is 12.1 Å². The molecule has 0 bridgehead atoms. The molecule has 0 radical (unpaired) electrons. The van der Waals surface area contributed by atoms with Crippen LogP contribution in [0.5, 0.6) is 34.5 Å².